The van der Waals surface area contributed by atoms with Crippen molar-refractivity contribution >= 4 is 51.7 Å². The lowest BCUT2D eigenvalue weighted by atomic mass is 9.96. The summed E-state index contributed by atoms with van der Waals surface area (Å²) in [5.41, 5.74) is 7.53. The molecule has 0 aliphatic carbocycles. The van der Waals surface area contributed by atoms with E-state index in [4.69, 9.17) is 4.74 Å². The molecule has 4 aromatic carbocycles. The average Bonchev–Trinajstić information content (AvgIpc) is 3.22. The van der Waals surface area contributed by atoms with Crippen LogP contribution in [0.5, 0.6) is 11.5 Å². The van der Waals surface area contributed by atoms with Gasteiger partial charge in [-0.05, 0) is 97.6 Å². The summed E-state index contributed by atoms with van der Waals surface area (Å²) in [7, 11) is 2.19. The molecule has 0 bridgehead atoms. The van der Waals surface area contributed by atoms with Crippen molar-refractivity contribution in [3.8, 4) is 11.5 Å². The molecule has 2 nitrogen and oxygen atoms in total. The van der Waals surface area contributed by atoms with Crippen molar-refractivity contribution in [2.75, 3.05) is 0 Å². The van der Waals surface area contributed by atoms with E-state index in [1.165, 1.54) is 48.3 Å². The van der Waals surface area contributed by atoms with E-state index in [2.05, 4.69) is 131 Å². The van der Waals surface area contributed by atoms with E-state index in [0.717, 1.165) is 23.5 Å². The third-order valence-corrected chi connectivity index (χ3v) is 8.54. The molecule has 5 rings (SSSR count). The smallest absolute Gasteiger partial charge is 0.131 e. The minimum Gasteiger partial charge on any atom is -0.457 e. The van der Waals surface area contributed by atoms with Gasteiger partial charge in [0, 0.05) is 38.6 Å². The summed E-state index contributed by atoms with van der Waals surface area (Å²) in [6.07, 6.45) is 1.07. The van der Waals surface area contributed by atoms with Crippen LogP contribution in [0.2, 0.25) is 0 Å². The number of hydrogen-bond acceptors (Lipinski definition) is 3. The molecule has 0 spiro atoms. The molecule has 1 unspecified atom stereocenters. The summed E-state index contributed by atoms with van der Waals surface area (Å²) in [5.74, 6) is 5.12. The van der Waals surface area contributed by atoms with Crippen molar-refractivity contribution < 1.29 is 4.74 Å². The Morgan fingerprint density at radius 3 is 2.00 bits per heavy atom. The first-order valence-electron chi connectivity index (χ1n) is 13.7. The number of rotatable bonds is 6. The number of hydrogen-bond donors (Lipinski definition) is 0. The monoisotopic (exact) mass is 555 g/mol. The van der Waals surface area contributed by atoms with Gasteiger partial charge in [-0.15, -0.1) is 0 Å². The van der Waals surface area contributed by atoms with Crippen molar-refractivity contribution in [1.29, 1.82) is 0 Å². The molecule has 0 aliphatic heterocycles. The number of para-hydroxylation sites is 1. The highest BCUT2D eigenvalue weighted by molar-refractivity contribution is 7.99. The topological polar surface area (TPSA) is 14.2 Å². The van der Waals surface area contributed by atoms with E-state index >= 15 is 0 Å². The van der Waals surface area contributed by atoms with Crippen molar-refractivity contribution in [1.82, 2.24) is 4.57 Å². The largest absolute Gasteiger partial charge is 0.457 e. The third-order valence-electron chi connectivity index (χ3n) is 7.20. The van der Waals surface area contributed by atoms with Crippen LogP contribution in [0.1, 0.15) is 62.3 Å². The number of aryl methyl sites for hydroxylation is 4. The summed E-state index contributed by atoms with van der Waals surface area (Å²) in [6.45, 7) is 15.0. The Morgan fingerprint density at radius 2 is 1.36 bits per heavy atom. The highest BCUT2D eigenvalue weighted by Crippen LogP contribution is 2.42. The molecular formula is C35H41NOS2. The number of fused-ring (bicyclic) bond motifs is 3. The summed E-state index contributed by atoms with van der Waals surface area (Å²) in [6, 6.07) is 26.2. The summed E-state index contributed by atoms with van der Waals surface area (Å²) in [4.78, 5) is 2.61. The standard InChI is InChI=1S/C32H33NOS.C2H6.CH2S/c1-7-20(2)24-17-27-26(18-30(24)34-29-14-10-8-12-21(29)3)25-16-23(5)32(19-28(25)33(27)6)35-31-15-11-9-13-22(31)4;2*1-2/h8-20H,7H2,1-6H3;1-2H3;1H2. The molecule has 0 amide bonds. The van der Waals surface area contributed by atoms with Gasteiger partial charge >= 0.3 is 0 Å². The first kappa shape index (κ1) is 30.5. The lowest BCUT2D eigenvalue weighted by Crippen LogP contribution is -1.98. The van der Waals surface area contributed by atoms with E-state index in [1.54, 1.807) is 0 Å². The van der Waals surface area contributed by atoms with Gasteiger partial charge in [0.1, 0.15) is 11.5 Å². The van der Waals surface area contributed by atoms with Gasteiger partial charge in [-0.2, -0.15) is 0 Å². The fourth-order valence-electron chi connectivity index (χ4n) is 4.76. The van der Waals surface area contributed by atoms with Crippen LogP contribution in [0, 0.1) is 20.8 Å². The van der Waals surface area contributed by atoms with Crippen LogP contribution in [0.4, 0.5) is 0 Å². The van der Waals surface area contributed by atoms with Crippen LogP contribution < -0.4 is 4.74 Å². The molecule has 4 heteroatoms. The highest BCUT2D eigenvalue weighted by atomic mass is 32.2. The van der Waals surface area contributed by atoms with Gasteiger partial charge in [-0.1, -0.05) is 88.1 Å². The molecular weight excluding hydrogens is 515 g/mol. The lowest BCUT2D eigenvalue weighted by molar-refractivity contribution is 0.467. The minimum absolute atomic E-state index is 0.408. The molecule has 5 aromatic rings. The fraction of sp³-hybridized carbons (Fsp3) is 0.286. The SMILES string of the molecule is C=S.CC.CCC(C)c1cc2c(cc1Oc1ccccc1C)c1cc(C)c(Sc3ccccc3C)cc1n2C. The average molecular weight is 556 g/mol. The van der Waals surface area contributed by atoms with Crippen LogP contribution in [0.25, 0.3) is 21.8 Å². The number of nitrogens with zero attached hydrogens (tertiary/aromatic N) is 1. The maximum atomic E-state index is 6.56. The first-order chi connectivity index (χ1) is 18.9. The predicted octanol–water partition coefficient (Wildman–Crippen LogP) is 11.4. The fourth-order valence-corrected chi connectivity index (χ4v) is 5.76. The van der Waals surface area contributed by atoms with Gasteiger partial charge in [-0.3, -0.25) is 0 Å². The zero-order valence-corrected chi connectivity index (χ0v) is 26.2. The molecule has 204 valence electrons. The molecule has 1 heterocycles. The van der Waals surface area contributed by atoms with Crippen molar-refractivity contribution in [2.45, 2.75) is 70.6 Å². The molecule has 0 aliphatic rings. The van der Waals surface area contributed by atoms with Crippen LogP contribution >= 0.6 is 24.0 Å². The Hall–Kier alpha value is -3.08. The number of thiocarbonyl (C=S) groups is 1. The Kier molecular flexibility index (Phi) is 10.8. The molecule has 0 radical (unpaired) electrons. The summed E-state index contributed by atoms with van der Waals surface area (Å²) < 4.78 is 8.91. The zero-order valence-electron chi connectivity index (χ0n) is 24.6. The molecule has 0 saturated heterocycles. The van der Waals surface area contributed by atoms with Gasteiger partial charge in [0.2, 0.25) is 0 Å². The molecule has 0 fully saturated rings. The van der Waals surface area contributed by atoms with Gasteiger partial charge in [0.25, 0.3) is 0 Å². The third kappa shape index (κ3) is 6.40. The molecule has 0 saturated carbocycles. The maximum Gasteiger partial charge on any atom is 0.131 e. The summed E-state index contributed by atoms with van der Waals surface area (Å²) in [5, 5.41) is 2.52. The van der Waals surface area contributed by atoms with Crippen molar-refractivity contribution in [2.24, 2.45) is 7.05 Å². The molecule has 39 heavy (non-hydrogen) atoms. The summed E-state index contributed by atoms with van der Waals surface area (Å²) >= 11 is 5.69. The lowest BCUT2D eigenvalue weighted by Gasteiger charge is -2.17. The van der Waals surface area contributed by atoms with Gasteiger partial charge < -0.3 is 9.30 Å². The number of aromatic nitrogens is 1. The van der Waals surface area contributed by atoms with Crippen LogP contribution in [0.15, 0.2) is 82.6 Å². The second-order valence-corrected chi connectivity index (χ2v) is 10.7. The maximum absolute atomic E-state index is 6.56. The number of ether oxygens (including phenoxy) is 1. The van der Waals surface area contributed by atoms with E-state index in [0.29, 0.717) is 5.92 Å². The van der Waals surface area contributed by atoms with Crippen LogP contribution in [0.3, 0.4) is 0 Å². The quantitative estimate of drug-likeness (QED) is 0.194. The van der Waals surface area contributed by atoms with Gasteiger partial charge in [-0.25, -0.2) is 0 Å². The van der Waals surface area contributed by atoms with E-state index < -0.39 is 0 Å². The number of benzene rings is 4. The first-order valence-corrected chi connectivity index (χ1v) is 15.1. The normalized spacial score (nSPS) is 11.4. The zero-order chi connectivity index (χ0) is 28.7. The van der Waals surface area contributed by atoms with Crippen LogP contribution in [-0.4, -0.2) is 10.4 Å². The Labute approximate surface area is 244 Å². The van der Waals surface area contributed by atoms with Crippen LogP contribution in [-0.2, 0) is 7.05 Å². The van der Waals surface area contributed by atoms with Gasteiger partial charge in [0.05, 0.1) is 0 Å². The Bertz CT molecular complexity index is 1570. The van der Waals surface area contributed by atoms with Gasteiger partial charge in [0.15, 0.2) is 0 Å². The molecule has 1 atom stereocenters. The predicted molar refractivity (Wildman–Crippen MR) is 176 cm³/mol. The highest BCUT2D eigenvalue weighted by Gasteiger charge is 2.19. The second kappa shape index (κ2) is 13.8. The Morgan fingerprint density at radius 1 is 0.769 bits per heavy atom. The minimum atomic E-state index is 0.408. The van der Waals surface area contributed by atoms with E-state index in [-0.39, 0.29) is 0 Å². The van der Waals surface area contributed by atoms with Crippen molar-refractivity contribution in [3.05, 3.63) is 95.1 Å². The molecule has 0 N–H and O–H groups in total. The van der Waals surface area contributed by atoms with E-state index in [1.807, 2.05) is 31.7 Å². The van der Waals surface area contributed by atoms with Crippen molar-refractivity contribution in [3.63, 3.8) is 0 Å². The van der Waals surface area contributed by atoms with E-state index in [9.17, 15) is 0 Å². The Balaban J connectivity index is 0.00000100. The second-order valence-electron chi connectivity index (χ2n) is 9.65. The molecule has 1 aromatic heterocycles.